The maximum Gasteiger partial charge on any atom is 0.202 e. The molecule has 0 N–H and O–H groups in total. The highest BCUT2D eigenvalue weighted by Gasteiger charge is 2.16. The lowest BCUT2D eigenvalue weighted by molar-refractivity contribution is 0.0918. The van der Waals surface area contributed by atoms with E-state index in [0.29, 0.717) is 9.35 Å². The molecule has 1 heterocycles. The zero-order valence-corrected chi connectivity index (χ0v) is 14.0. The van der Waals surface area contributed by atoms with Crippen LogP contribution in [0, 0.1) is 5.82 Å². The lowest BCUT2D eigenvalue weighted by atomic mass is 10.2. The quantitative estimate of drug-likeness (QED) is 0.616. The third-order valence-corrected chi connectivity index (χ3v) is 4.86. The Morgan fingerprint density at radius 2 is 2.16 bits per heavy atom. The van der Waals surface area contributed by atoms with Gasteiger partial charge in [0.15, 0.2) is 18.2 Å². The van der Waals surface area contributed by atoms with Gasteiger partial charge in [0, 0.05) is 5.56 Å². The summed E-state index contributed by atoms with van der Waals surface area (Å²) < 4.78 is 20.1. The van der Waals surface area contributed by atoms with Crippen molar-refractivity contribution in [1.82, 2.24) is 0 Å². The molecule has 19 heavy (non-hydrogen) atoms. The van der Waals surface area contributed by atoms with E-state index in [2.05, 4.69) is 31.9 Å². The molecule has 0 atom stereocenters. The Morgan fingerprint density at radius 3 is 2.74 bits per heavy atom. The van der Waals surface area contributed by atoms with E-state index in [-0.39, 0.29) is 23.2 Å². The summed E-state index contributed by atoms with van der Waals surface area (Å²) >= 11 is 13.8. The van der Waals surface area contributed by atoms with Crippen LogP contribution in [0.2, 0.25) is 5.02 Å². The molecule has 1 aromatic heterocycles. The molecule has 100 valence electrons. The SMILES string of the molecule is O=C(COc1c(F)cccc1Cl)c1cc(Br)sc1Br. The van der Waals surface area contributed by atoms with Crippen molar-refractivity contribution in [3.8, 4) is 5.75 Å². The van der Waals surface area contributed by atoms with Crippen molar-refractivity contribution in [3.05, 3.63) is 48.2 Å². The Morgan fingerprint density at radius 1 is 1.42 bits per heavy atom. The second-order valence-electron chi connectivity index (χ2n) is 3.50. The lowest BCUT2D eigenvalue weighted by Crippen LogP contribution is -2.12. The molecule has 0 aliphatic rings. The van der Waals surface area contributed by atoms with Gasteiger partial charge in [-0.2, -0.15) is 0 Å². The average molecular weight is 429 g/mol. The maximum atomic E-state index is 13.5. The molecule has 0 unspecified atom stereocenters. The molecule has 7 heteroatoms. The van der Waals surface area contributed by atoms with Crippen LogP contribution in [0.3, 0.4) is 0 Å². The number of ether oxygens (including phenoxy) is 1. The third kappa shape index (κ3) is 3.56. The highest BCUT2D eigenvalue weighted by molar-refractivity contribution is 9.12. The van der Waals surface area contributed by atoms with E-state index in [1.54, 1.807) is 6.07 Å². The molecule has 2 nitrogen and oxygen atoms in total. The molecule has 0 spiro atoms. The molecular formula is C12H6Br2ClFO2S. The monoisotopic (exact) mass is 426 g/mol. The van der Waals surface area contributed by atoms with Gasteiger partial charge in [0.2, 0.25) is 5.78 Å². The number of halogens is 4. The number of benzene rings is 1. The van der Waals surface area contributed by atoms with Gasteiger partial charge >= 0.3 is 0 Å². The first-order valence-corrected chi connectivity index (χ1v) is 7.82. The van der Waals surface area contributed by atoms with Gasteiger partial charge in [-0.15, -0.1) is 11.3 Å². The zero-order chi connectivity index (χ0) is 14.0. The Hall–Kier alpha value is -0.430. The Balaban J connectivity index is 2.11. The van der Waals surface area contributed by atoms with Gasteiger partial charge in [0.1, 0.15) is 0 Å². The molecule has 2 rings (SSSR count). The van der Waals surface area contributed by atoms with Crippen molar-refractivity contribution in [3.63, 3.8) is 0 Å². The summed E-state index contributed by atoms with van der Waals surface area (Å²) in [6, 6.07) is 5.88. The van der Waals surface area contributed by atoms with Crippen LogP contribution >= 0.6 is 54.8 Å². The Labute approximate surface area is 134 Å². The molecule has 0 radical (unpaired) electrons. The number of hydrogen-bond acceptors (Lipinski definition) is 3. The van der Waals surface area contributed by atoms with E-state index in [1.165, 1.54) is 29.5 Å². The van der Waals surface area contributed by atoms with E-state index < -0.39 is 5.82 Å². The number of hydrogen-bond donors (Lipinski definition) is 0. The van der Waals surface area contributed by atoms with Crippen molar-refractivity contribution < 1.29 is 13.9 Å². The largest absolute Gasteiger partial charge is 0.481 e. The maximum absolute atomic E-state index is 13.5. The second-order valence-corrected chi connectivity index (χ2v) is 7.66. The first kappa shape index (κ1) is 15.0. The fourth-order valence-corrected chi connectivity index (χ4v) is 4.44. The first-order chi connectivity index (χ1) is 8.99. The summed E-state index contributed by atoms with van der Waals surface area (Å²) in [6.45, 7) is -0.275. The van der Waals surface area contributed by atoms with E-state index in [9.17, 15) is 9.18 Å². The van der Waals surface area contributed by atoms with Crippen LogP contribution in [0.5, 0.6) is 5.75 Å². The van der Waals surface area contributed by atoms with Gasteiger partial charge < -0.3 is 4.74 Å². The number of thiophene rings is 1. The summed E-state index contributed by atoms with van der Waals surface area (Å²) in [7, 11) is 0. The molecule has 2 aromatic rings. The van der Waals surface area contributed by atoms with Gasteiger partial charge in [-0.1, -0.05) is 17.7 Å². The molecule has 0 aliphatic carbocycles. The Kier molecular flexibility index (Phi) is 5.00. The molecule has 0 saturated carbocycles. The van der Waals surface area contributed by atoms with Crippen LogP contribution in [-0.4, -0.2) is 12.4 Å². The second kappa shape index (κ2) is 6.35. The highest BCUT2D eigenvalue weighted by atomic mass is 79.9. The predicted octanol–water partition coefficient (Wildman–Crippen LogP) is 5.33. The van der Waals surface area contributed by atoms with Crippen LogP contribution in [0.1, 0.15) is 10.4 Å². The van der Waals surface area contributed by atoms with Crippen LogP contribution in [-0.2, 0) is 0 Å². The summed E-state index contributed by atoms with van der Waals surface area (Å²) in [5, 5.41) is 0.137. The van der Waals surface area contributed by atoms with Crippen LogP contribution in [0.4, 0.5) is 4.39 Å². The predicted molar refractivity (Wildman–Crippen MR) is 81.0 cm³/mol. The van der Waals surface area contributed by atoms with Gasteiger partial charge in [0.05, 0.1) is 12.6 Å². The van der Waals surface area contributed by atoms with Crippen molar-refractivity contribution >= 4 is 60.6 Å². The Bertz CT molecular complexity index is 610. The number of rotatable bonds is 4. The average Bonchev–Trinajstić information content (AvgIpc) is 2.67. The van der Waals surface area contributed by atoms with E-state index in [0.717, 1.165) is 3.79 Å². The number of carbonyl (C=O) groups is 1. The van der Waals surface area contributed by atoms with Gasteiger partial charge in [-0.25, -0.2) is 4.39 Å². The van der Waals surface area contributed by atoms with E-state index in [1.807, 2.05) is 0 Å². The molecule has 1 aromatic carbocycles. The van der Waals surface area contributed by atoms with Crippen molar-refractivity contribution in [1.29, 1.82) is 0 Å². The molecule has 0 saturated heterocycles. The summed E-state index contributed by atoms with van der Waals surface area (Å²) in [5.41, 5.74) is 0.490. The number of para-hydroxylation sites is 1. The molecule has 0 bridgehead atoms. The summed E-state index contributed by atoms with van der Waals surface area (Å²) in [4.78, 5) is 11.9. The zero-order valence-electron chi connectivity index (χ0n) is 9.25. The topological polar surface area (TPSA) is 26.3 Å². The molecule has 0 aliphatic heterocycles. The smallest absolute Gasteiger partial charge is 0.202 e. The number of Topliss-reactive ketones (excluding diaryl/α,β-unsaturated/α-hetero) is 1. The first-order valence-electron chi connectivity index (χ1n) is 5.04. The van der Waals surface area contributed by atoms with Gasteiger partial charge in [0.25, 0.3) is 0 Å². The number of ketones is 1. The highest BCUT2D eigenvalue weighted by Crippen LogP contribution is 2.32. The molecule has 0 amide bonds. The lowest BCUT2D eigenvalue weighted by Gasteiger charge is -2.07. The number of carbonyl (C=O) groups excluding carboxylic acids is 1. The fourth-order valence-electron chi connectivity index (χ4n) is 1.37. The van der Waals surface area contributed by atoms with E-state index in [4.69, 9.17) is 16.3 Å². The molecular weight excluding hydrogens is 422 g/mol. The van der Waals surface area contributed by atoms with Crippen molar-refractivity contribution in [2.24, 2.45) is 0 Å². The summed E-state index contributed by atoms with van der Waals surface area (Å²) in [5.74, 6) is -0.957. The van der Waals surface area contributed by atoms with Crippen LogP contribution < -0.4 is 4.74 Å². The minimum Gasteiger partial charge on any atom is -0.481 e. The van der Waals surface area contributed by atoms with Gasteiger partial charge in [-0.3, -0.25) is 4.79 Å². The van der Waals surface area contributed by atoms with Crippen LogP contribution in [0.25, 0.3) is 0 Å². The van der Waals surface area contributed by atoms with Crippen molar-refractivity contribution in [2.45, 2.75) is 0 Å². The van der Waals surface area contributed by atoms with Crippen LogP contribution in [0.15, 0.2) is 31.8 Å². The van der Waals surface area contributed by atoms with E-state index >= 15 is 0 Å². The normalized spacial score (nSPS) is 10.5. The van der Waals surface area contributed by atoms with Crippen molar-refractivity contribution in [2.75, 3.05) is 6.61 Å². The fraction of sp³-hybridized carbons (Fsp3) is 0.0833. The van der Waals surface area contributed by atoms with Gasteiger partial charge in [-0.05, 0) is 50.1 Å². The third-order valence-electron chi connectivity index (χ3n) is 2.22. The minimum absolute atomic E-state index is 0.108. The standard InChI is InChI=1S/C12H6Br2ClFO2S/c13-10-4-6(12(14)19-10)9(17)5-18-11-7(15)2-1-3-8(11)16/h1-4H,5H2. The summed E-state index contributed by atoms with van der Waals surface area (Å²) in [6.07, 6.45) is 0. The minimum atomic E-state index is -0.592. The molecule has 0 fully saturated rings.